The molecule has 7 heteroatoms. The van der Waals surface area contributed by atoms with E-state index < -0.39 is 16.9 Å². The lowest BCUT2D eigenvalue weighted by molar-refractivity contribution is -0.113. The molecule has 132 valence electrons. The summed E-state index contributed by atoms with van der Waals surface area (Å²) in [5, 5.41) is 7.06. The zero-order valence-corrected chi connectivity index (χ0v) is 14.7. The molecular formula is C19H15F2N3OS. The summed E-state index contributed by atoms with van der Waals surface area (Å²) in [6.07, 6.45) is 0. The maximum atomic E-state index is 13.8. The molecule has 0 unspecified atom stereocenters. The fourth-order valence-corrected chi connectivity index (χ4v) is 4.30. The third kappa shape index (κ3) is 2.99. The van der Waals surface area contributed by atoms with Crippen LogP contribution in [0.15, 0.2) is 48.5 Å². The predicted molar refractivity (Wildman–Crippen MR) is 97.6 cm³/mol. The van der Waals surface area contributed by atoms with E-state index in [1.807, 2.05) is 37.3 Å². The number of nitrogens with one attached hydrogen (secondary N) is 1. The smallest absolute Gasteiger partial charge is 0.235 e. The molecule has 0 saturated heterocycles. The molecular weight excluding hydrogens is 356 g/mol. The molecule has 1 amide bonds. The van der Waals surface area contributed by atoms with E-state index in [4.69, 9.17) is 0 Å². The number of hydrogen-bond donors (Lipinski definition) is 1. The van der Waals surface area contributed by atoms with Crippen LogP contribution in [0.4, 0.5) is 14.6 Å². The van der Waals surface area contributed by atoms with Crippen molar-refractivity contribution in [2.24, 2.45) is 0 Å². The van der Waals surface area contributed by atoms with E-state index in [9.17, 15) is 13.6 Å². The van der Waals surface area contributed by atoms with Crippen molar-refractivity contribution in [3.63, 3.8) is 0 Å². The molecule has 4 nitrogen and oxygen atoms in total. The molecule has 0 spiro atoms. The number of benzene rings is 2. The van der Waals surface area contributed by atoms with Gasteiger partial charge >= 0.3 is 0 Å². The number of nitrogens with zero attached hydrogens (tertiary/aromatic N) is 2. The molecule has 3 aromatic rings. The van der Waals surface area contributed by atoms with Crippen LogP contribution in [0.25, 0.3) is 5.69 Å². The van der Waals surface area contributed by atoms with Gasteiger partial charge in [-0.2, -0.15) is 5.10 Å². The summed E-state index contributed by atoms with van der Waals surface area (Å²) in [5.41, 5.74) is 2.73. The number of aromatic nitrogens is 2. The van der Waals surface area contributed by atoms with E-state index >= 15 is 0 Å². The van der Waals surface area contributed by atoms with Gasteiger partial charge in [0.1, 0.15) is 17.5 Å². The Bertz CT molecular complexity index is 968. The van der Waals surface area contributed by atoms with Gasteiger partial charge < -0.3 is 5.32 Å². The molecule has 2 heterocycles. The average molecular weight is 371 g/mol. The first-order chi connectivity index (χ1) is 12.5. The Morgan fingerprint density at radius 1 is 1.15 bits per heavy atom. The minimum absolute atomic E-state index is 0.173. The highest BCUT2D eigenvalue weighted by molar-refractivity contribution is 8.00. The fourth-order valence-electron chi connectivity index (χ4n) is 3.13. The van der Waals surface area contributed by atoms with Crippen LogP contribution in [0.2, 0.25) is 0 Å². The molecule has 1 atom stereocenters. The molecule has 0 aliphatic carbocycles. The Labute approximate surface area is 153 Å². The van der Waals surface area contributed by atoms with Gasteiger partial charge in [0.2, 0.25) is 5.91 Å². The van der Waals surface area contributed by atoms with E-state index in [1.54, 1.807) is 4.68 Å². The van der Waals surface area contributed by atoms with E-state index in [0.29, 0.717) is 17.1 Å². The molecule has 1 aromatic heterocycles. The molecule has 2 aromatic carbocycles. The Morgan fingerprint density at radius 3 is 2.54 bits per heavy atom. The Hall–Kier alpha value is -2.67. The first-order valence-electron chi connectivity index (χ1n) is 8.05. The summed E-state index contributed by atoms with van der Waals surface area (Å²) in [7, 11) is 0. The normalized spacial score (nSPS) is 16.7. The Kier molecular flexibility index (Phi) is 4.24. The topological polar surface area (TPSA) is 46.9 Å². The number of para-hydroxylation sites is 1. The lowest BCUT2D eigenvalue weighted by Gasteiger charge is -2.15. The third-order valence-corrected chi connectivity index (χ3v) is 5.47. The van der Waals surface area contributed by atoms with Gasteiger partial charge in [-0.3, -0.25) is 4.79 Å². The molecule has 0 bridgehead atoms. The van der Waals surface area contributed by atoms with Gasteiger partial charge in [0, 0.05) is 11.6 Å². The van der Waals surface area contributed by atoms with Gasteiger partial charge in [0.05, 0.1) is 22.4 Å². The van der Waals surface area contributed by atoms with Crippen LogP contribution in [-0.4, -0.2) is 21.4 Å². The quantitative estimate of drug-likeness (QED) is 0.733. The number of halogens is 2. The number of fused-ring (bicyclic) bond motifs is 1. The van der Waals surface area contributed by atoms with Crippen molar-refractivity contribution in [1.82, 2.24) is 9.78 Å². The van der Waals surface area contributed by atoms with Gasteiger partial charge in [-0.15, -0.1) is 11.8 Å². The molecule has 0 saturated carbocycles. The highest BCUT2D eigenvalue weighted by Crippen LogP contribution is 2.44. The van der Waals surface area contributed by atoms with Crippen LogP contribution in [-0.2, 0) is 4.79 Å². The fraction of sp³-hybridized carbons (Fsp3) is 0.158. The lowest BCUT2D eigenvalue weighted by atomic mass is 10.0. The molecule has 1 N–H and O–H groups in total. The van der Waals surface area contributed by atoms with Crippen LogP contribution in [0.5, 0.6) is 0 Å². The summed E-state index contributed by atoms with van der Waals surface area (Å²) in [5.74, 6) is -0.727. The molecule has 0 radical (unpaired) electrons. The van der Waals surface area contributed by atoms with Gasteiger partial charge in [-0.25, -0.2) is 13.5 Å². The summed E-state index contributed by atoms with van der Waals surface area (Å²) in [6, 6.07) is 12.9. The van der Waals surface area contributed by atoms with Crippen LogP contribution in [0.3, 0.4) is 0 Å². The summed E-state index contributed by atoms with van der Waals surface area (Å²) >= 11 is 1.33. The largest absolute Gasteiger partial charge is 0.310 e. The number of hydrogen-bond acceptors (Lipinski definition) is 3. The number of amides is 1. The number of rotatable bonds is 2. The van der Waals surface area contributed by atoms with Crippen molar-refractivity contribution in [2.75, 3.05) is 11.1 Å². The maximum absolute atomic E-state index is 13.8. The second kappa shape index (κ2) is 6.57. The molecule has 0 fully saturated rings. The number of carbonyl (C=O) groups excluding carboxylic acids is 1. The molecule has 1 aliphatic rings. The Balaban J connectivity index is 1.91. The van der Waals surface area contributed by atoms with Crippen molar-refractivity contribution >= 4 is 23.5 Å². The number of aryl methyl sites for hydroxylation is 1. The summed E-state index contributed by atoms with van der Waals surface area (Å²) in [6.45, 7) is 1.83. The standard InChI is InChI=1S/C19H15F2N3OS/c1-11-17-18(12-7-13(20)9-14(21)8-12)26-10-16(25)22-19(17)24(23-11)15-5-3-2-4-6-15/h2-9,18H,10H2,1H3,(H,22,25)/t18-/m0/s1. The van der Waals surface area contributed by atoms with Crippen LogP contribution < -0.4 is 5.32 Å². The molecule has 1 aliphatic heterocycles. The van der Waals surface area contributed by atoms with Gasteiger partial charge in [-0.1, -0.05) is 18.2 Å². The monoisotopic (exact) mass is 371 g/mol. The zero-order chi connectivity index (χ0) is 18.3. The van der Waals surface area contributed by atoms with Crippen molar-refractivity contribution in [3.05, 3.63) is 77.0 Å². The lowest BCUT2D eigenvalue weighted by Crippen LogP contribution is -2.15. The highest BCUT2D eigenvalue weighted by atomic mass is 32.2. The minimum Gasteiger partial charge on any atom is -0.310 e. The number of anilines is 1. The number of carbonyl (C=O) groups is 1. The SMILES string of the molecule is Cc1nn(-c2ccccc2)c2c1[C@H](c1cc(F)cc(F)c1)SCC(=O)N2. The Morgan fingerprint density at radius 2 is 1.85 bits per heavy atom. The molecule has 26 heavy (non-hydrogen) atoms. The van der Waals surface area contributed by atoms with Crippen LogP contribution in [0.1, 0.15) is 22.1 Å². The second-order valence-corrected chi connectivity index (χ2v) is 7.13. The van der Waals surface area contributed by atoms with Crippen molar-refractivity contribution in [3.8, 4) is 5.69 Å². The van der Waals surface area contributed by atoms with Crippen molar-refractivity contribution in [2.45, 2.75) is 12.2 Å². The second-order valence-electron chi connectivity index (χ2n) is 6.04. The summed E-state index contributed by atoms with van der Waals surface area (Å²) < 4.78 is 29.2. The summed E-state index contributed by atoms with van der Waals surface area (Å²) in [4.78, 5) is 12.2. The first-order valence-corrected chi connectivity index (χ1v) is 9.10. The van der Waals surface area contributed by atoms with Crippen LogP contribution in [0, 0.1) is 18.6 Å². The maximum Gasteiger partial charge on any atom is 0.235 e. The van der Waals surface area contributed by atoms with Gasteiger partial charge in [-0.05, 0) is 36.8 Å². The van der Waals surface area contributed by atoms with Crippen LogP contribution >= 0.6 is 11.8 Å². The predicted octanol–water partition coefficient (Wildman–Crippen LogP) is 4.23. The average Bonchev–Trinajstić information content (AvgIpc) is 2.81. The van der Waals surface area contributed by atoms with Gasteiger partial charge in [0.15, 0.2) is 0 Å². The van der Waals surface area contributed by atoms with Gasteiger partial charge in [0.25, 0.3) is 0 Å². The highest BCUT2D eigenvalue weighted by Gasteiger charge is 2.31. The molecule has 4 rings (SSSR count). The zero-order valence-electron chi connectivity index (χ0n) is 13.9. The van der Waals surface area contributed by atoms with E-state index in [1.165, 1.54) is 23.9 Å². The van der Waals surface area contributed by atoms with Crippen molar-refractivity contribution < 1.29 is 13.6 Å². The third-order valence-electron chi connectivity index (χ3n) is 4.20. The number of thioether (sulfide) groups is 1. The first kappa shape index (κ1) is 16.8. The van der Waals surface area contributed by atoms with E-state index in [0.717, 1.165) is 17.3 Å². The van der Waals surface area contributed by atoms with E-state index in [-0.39, 0.29) is 11.7 Å². The van der Waals surface area contributed by atoms with E-state index in [2.05, 4.69) is 10.4 Å². The van der Waals surface area contributed by atoms with Crippen molar-refractivity contribution in [1.29, 1.82) is 0 Å². The minimum atomic E-state index is -0.640.